The minimum absolute atomic E-state index is 0.240. The van der Waals surface area contributed by atoms with Crippen molar-refractivity contribution in [3.05, 3.63) is 53.2 Å². The van der Waals surface area contributed by atoms with Crippen LogP contribution in [-0.4, -0.2) is 0 Å². The summed E-state index contributed by atoms with van der Waals surface area (Å²) in [5.74, 6) is -0.974. The first-order chi connectivity index (χ1) is 10.8. The molecule has 0 amide bonds. The van der Waals surface area contributed by atoms with Crippen molar-refractivity contribution in [1.29, 1.82) is 0 Å². The number of aromatic nitrogens is 1. The van der Waals surface area contributed by atoms with Crippen LogP contribution in [0.15, 0.2) is 30.3 Å². The van der Waals surface area contributed by atoms with Gasteiger partial charge >= 0.3 is 0 Å². The Morgan fingerprint density at radius 1 is 1.04 bits per heavy atom. The minimum atomic E-state index is -0.500. The van der Waals surface area contributed by atoms with Crippen molar-refractivity contribution in [3.8, 4) is 11.3 Å². The van der Waals surface area contributed by atoms with E-state index in [9.17, 15) is 8.78 Å². The number of fused-ring (bicyclic) bond motifs is 3. The van der Waals surface area contributed by atoms with Crippen LogP contribution in [0.2, 0.25) is 0 Å². The van der Waals surface area contributed by atoms with Gasteiger partial charge in [-0.3, -0.25) is 0 Å². The predicted molar refractivity (Wildman–Crippen MR) is 88.3 cm³/mol. The third-order valence-electron chi connectivity index (χ3n) is 6.17. The van der Waals surface area contributed by atoms with Crippen molar-refractivity contribution < 1.29 is 13.3 Å². The van der Waals surface area contributed by atoms with E-state index in [1.165, 1.54) is 6.07 Å². The average molecular weight is 316 g/mol. The number of benzene rings is 1. The van der Waals surface area contributed by atoms with Crippen LogP contribution in [-0.2, 0) is 11.0 Å². The Morgan fingerprint density at radius 2 is 1.74 bits per heavy atom. The van der Waals surface area contributed by atoms with E-state index in [-0.39, 0.29) is 11.0 Å². The molecule has 122 valence electrons. The highest BCUT2D eigenvalue weighted by Crippen LogP contribution is 2.50. The summed E-state index contributed by atoms with van der Waals surface area (Å²) < 4.78 is 31.0. The van der Waals surface area contributed by atoms with E-state index in [0.29, 0.717) is 5.56 Å². The number of nitrogens with zero attached hydrogens (tertiary/aromatic N) is 1. The third kappa shape index (κ3) is 1.92. The first-order valence-corrected chi connectivity index (χ1v) is 8.32. The second-order valence-electron chi connectivity index (χ2n) is 7.01. The first kappa shape index (κ1) is 16.1. The normalized spacial score (nSPS) is 25.9. The smallest absolute Gasteiger partial charge is 0.207 e. The Kier molecular flexibility index (Phi) is 3.58. The van der Waals surface area contributed by atoms with Gasteiger partial charge in [-0.05, 0) is 31.0 Å². The van der Waals surface area contributed by atoms with E-state index >= 15 is 0 Å². The topological polar surface area (TPSA) is 3.88 Å². The molecule has 1 aliphatic rings. The second kappa shape index (κ2) is 5.12. The SMILES string of the molecule is CCC1(C)c2cc(F)cc(F)c2-c2cccc(C)[n+]2C1(C)CC. The quantitative estimate of drug-likeness (QED) is 0.684. The van der Waals surface area contributed by atoms with Crippen LogP contribution < -0.4 is 4.57 Å². The van der Waals surface area contributed by atoms with Crippen molar-refractivity contribution in [2.45, 2.75) is 58.4 Å². The Hall–Kier alpha value is -1.77. The number of halogens is 2. The lowest BCUT2D eigenvalue weighted by Crippen LogP contribution is -2.68. The summed E-state index contributed by atoms with van der Waals surface area (Å²) in [5.41, 5.74) is 2.69. The largest absolute Gasteiger partial charge is 0.216 e. The van der Waals surface area contributed by atoms with Gasteiger partial charge in [-0.1, -0.05) is 13.8 Å². The molecular formula is C20H24F2N+. The highest BCUT2D eigenvalue weighted by Gasteiger charge is 2.57. The van der Waals surface area contributed by atoms with Crippen LogP contribution in [0.3, 0.4) is 0 Å². The van der Waals surface area contributed by atoms with E-state index in [0.717, 1.165) is 35.9 Å². The van der Waals surface area contributed by atoms with Gasteiger partial charge in [-0.15, -0.1) is 0 Å². The molecule has 3 heteroatoms. The maximum atomic E-state index is 14.7. The summed E-state index contributed by atoms with van der Waals surface area (Å²) in [5, 5.41) is 0. The zero-order valence-electron chi connectivity index (χ0n) is 14.5. The number of aryl methyl sites for hydroxylation is 1. The van der Waals surface area contributed by atoms with E-state index in [1.54, 1.807) is 0 Å². The van der Waals surface area contributed by atoms with Gasteiger partial charge in [0.15, 0.2) is 11.2 Å². The van der Waals surface area contributed by atoms with Crippen LogP contribution in [0.4, 0.5) is 8.78 Å². The van der Waals surface area contributed by atoms with Crippen molar-refractivity contribution in [3.63, 3.8) is 0 Å². The summed E-state index contributed by atoms with van der Waals surface area (Å²) in [4.78, 5) is 0. The molecule has 1 nitrogen and oxygen atoms in total. The van der Waals surface area contributed by atoms with Gasteiger partial charge in [0.1, 0.15) is 11.6 Å². The molecule has 0 fully saturated rings. The molecule has 1 aromatic carbocycles. The van der Waals surface area contributed by atoms with Crippen molar-refractivity contribution in [1.82, 2.24) is 0 Å². The van der Waals surface area contributed by atoms with Gasteiger partial charge in [-0.25, -0.2) is 8.78 Å². The summed E-state index contributed by atoms with van der Waals surface area (Å²) in [6.45, 7) is 10.7. The van der Waals surface area contributed by atoms with Crippen molar-refractivity contribution >= 4 is 0 Å². The maximum Gasteiger partial charge on any atom is 0.216 e. The van der Waals surface area contributed by atoms with E-state index in [4.69, 9.17) is 0 Å². The molecule has 0 spiro atoms. The second-order valence-corrected chi connectivity index (χ2v) is 7.01. The monoisotopic (exact) mass is 316 g/mol. The number of rotatable bonds is 2. The third-order valence-corrected chi connectivity index (χ3v) is 6.17. The average Bonchev–Trinajstić information content (AvgIpc) is 2.51. The molecule has 1 aromatic heterocycles. The Morgan fingerprint density at radius 3 is 2.35 bits per heavy atom. The summed E-state index contributed by atoms with van der Waals surface area (Å²) in [6, 6.07) is 8.46. The number of pyridine rings is 1. The van der Waals surface area contributed by atoms with Gasteiger partial charge < -0.3 is 0 Å². The molecular weight excluding hydrogens is 292 g/mol. The van der Waals surface area contributed by atoms with Gasteiger partial charge in [0.25, 0.3) is 0 Å². The van der Waals surface area contributed by atoms with Crippen LogP contribution in [0.5, 0.6) is 0 Å². The molecule has 0 saturated heterocycles. The molecule has 1 aliphatic heterocycles. The van der Waals surface area contributed by atoms with Gasteiger partial charge in [0.2, 0.25) is 5.69 Å². The predicted octanol–water partition coefficient (Wildman–Crippen LogP) is 5.03. The standard InChI is InChI=1S/C20H24F2N/c1-6-19(4)15-11-14(21)12-16(22)18(15)17-10-8-9-13(3)23(17)20(19,5)7-2/h8-12H,6-7H2,1-5H3/q+1. The van der Waals surface area contributed by atoms with Gasteiger partial charge in [0, 0.05) is 38.5 Å². The van der Waals surface area contributed by atoms with Crippen LogP contribution >= 0.6 is 0 Å². The van der Waals surface area contributed by atoms with Crippen molar-refractivity contribution in [2.24, 2.45) is 0 Å². The molecule has 2 aromatic rings. The molecule has 0 radical (unpaired) electrons. The van der Waals surface area contributed by atoms with E-state index < -0.39 is 11.6 Å². The minimum Gasteiger partial charge on any atom is -0.207 e. The molecule has 0 saturated carbocycles. The zero-order chi connectivity index (χ0) is 17.0. The van der Waals surface area contributed by atoms with E-state index in [1.807, 2.05) is 12.1 Å². The van der Waals surface area contributed by atoms with Crippen LogP contribution in [0.25, 0.3) is 11.3 Å². The molecule has 2 heterocycles. The molecule has 0 bridgehead atoms. The lowest BCUT2D eigenvalue weighted by Gasteiger charge is -2.46. The first-order valence-electron chi connectivity index (χ1n) is 8.32. The Bertz CT molecular complexity index is 783. The fourth-order valence-corrected chi connectivity index (χ4v) is 4.39. The molecule has 2 unspecified atom stereocenters. The number of hydrogen-bond acceptors (Lipinski definition) is 0. The lowest BCUT2D eigenvalue weighted by molar-refractivity contribution is -0.770. The maximum absolute atomic E-state index is 14.7. The van der Waals surface area contributed by atoms with Crippen LogP contribution in [0.1, 0.15) is 51.8 Å². The van der Waals surface area contributed by atoms with Crippen LogP contribution in [0, 0.1) is 18.6 Å². The molecule has 2 atom stereocenters. The van der Waals surface area contributed by atoms with Gasteiger partial charge in [-0.2, -0.15) is 4.57 Å². The fourth-order valence-electron chi connectivity index (χ4n) is 4.39. The number of hydrogen-bond donors (Lipinski definition) is 0. The summed E-state index contributed by atoms with van der Waals surface area (Å²) in [6.07, 6.45) is 1.70. The molecule has 23 heavy (non-hydrogen) atoms. The summed E-state index contributed by atoms with van der Waals surface area (Å²) in [7, 11) is 0. The van der Waals surface area contributed by atoms with Crippen molar-refractivity contribution in [2.75, 3.05) is 0 Å². The highest BCUT2D eigenvalue weighted by molar-refractivity contribution is 5.66. The fraction of sp³-hybridized carbons (Fsp3) is 0.450. The zero-order valence-corrected chi connectivity index (χ0v) is 14.5. The van der Waals surface area contributed by atoms with E-state index in [2.05, 4.69) is 45.3 Å². The molecule has 0 N–H and O–H groups in total. The highest BCUT2D eigenvalue weighted by atomic mass is 19.1. The molecule has 0 aliphatic carbocycles. The van der Waals surface area contributed by atoms with Gasteiger partial charge in [0.05, 0.1) is 11.0 Å². The summed E-state index contributed by atoms with van der Waals surface area (Å²) >= 11 is 0. The molecule has 3 rings (SSSR count). The Balaban J connectivity index is 2.53. The lowest BCUT2D eigenvalue weighted by atomic mass is 9.60. The Labute approximate surface area is 137 Å².